The quantitative estimate of drug-likeness (QED) is 0.802. The third-order valence-corrected chi connectivity index (χ3v) is 4.40. The van der Waals surface area contributed by atoms with Crippen LogP contribution in [0, 0.1) is 6.92 Å². The van der Waals surface area contributed by atoms with Crippen LogP contribution in [0.1, 0.15) is 29.4 Å². The van der Waals surface area contributed by atoms with E-state index in [1.54, 1.807) is 11.3 Å². The Hall–Kier alpha value is -1.72. The SMILES string of the molecule is CCn1nc(C)cc1C(N)Cc1nc2ccccc2s1. The van der Waals surface area contributed by atoms with Gasteiger partial charge in [0.25, 0.3) is 0 Å². The fraction of sp³-hybridized carbons (Fsp3) is 0.333. The molecule has 0 bridgehead atoms. The first kappa shape index (κ1) is 13.3. The van der Waals surface area contributed by atoms with E-state index in [0.717, 1.165) is 34.9 Å². The Kier molecular flexibility index (Phi) is 3.54. The highest BCUT2D eigenvalue weighted by Crippen LogP contribution is 2.25. The van der Waals surface area contributed by atoms with Gasteiger partial charge in [-0.3, -0.25) is 4.68 Å². The van der Waals surface area contributed by atoms with Gasteiger partial charge in [0.2, 0.25) is 0 Å². The maximum Gasteiger partial charge on any atom is 0.0958 e. The number of nitrogens with two attached hydrogens (primary N) is 1. The van der Waals surface area contributed by atoms with Crippen LogP contribution >= 0.6 is 11.3 Å². The third-order valence-electron chi connectivity index (χ3n) is 3.35. The molecule has 3 rings (SSSR count). The molecule has 2 N–H and O–H groups in total. The van der Waals surface area contributed by atoms with Crippen LogP contribution in [0.4, 0.5) is 0 Å². The van der Waals surface area contributed by atoms with Crippen molar-refractivity contribution < 1.29 is 0 Å². The van der Waals surface area contributed by atoms with Gasteiger partial charge in [-0.1, -0.05) is 12.1 Å². The highest BCUT2D eigenvalue weighted by atomic mass is 32.1. The predicted octanol–water partition coefficient (Wildman–Crippen LogP) is 3.06. The first-order valence-corrected chi connectivity index (χ1v) is 7.63. The first-order chi connectivity index (χ1) is 9.67. The van der Waals surface area contributed by atoms with Gasteiger partial charge in [-0.05, 0) is 32.0 Å². The lowest BCUT2D eigenvalue weighted by molar-refractivity contribution is 0.566. The molecule has 0 aliphatic heterocycles. The smallest absolute Gasteiger partial charge is 0.0958 e. The molecule has 0 aliphatic rings. The lowest BCUT2D eigenvalue weighted by Crippen LogP contribution is -2.18. The van der Waals surface area contributed by atoms with Crippen LogP contribution in [0.25, 0.3) is 10.2 Å². The summed E-state index contributed by atoms with van der Waals surface area (Å²) < 4.78 is 3.20. The van der Waals surface area contributed by atoms with Gasteiger partial charge >= 0.3 is 0 Å². The second-order valence-electron chi connectivity index (χ2n) is 4.91. The summed E-state index contributed by atoms with van der Waals surface area (Å²) in [7, 11) is 0. The molecular formula is C15H18N4S. The van der Waals surface area contributed by atoms with E-state index in [9.17, 15) is 0 Å². The van der Waals surface area contributed by atoms with Crippen LogP contribution < -0.4 is 5.73 Å². The average Bonchev–Trinajstić information content (AvgIpc) is 3.00. The maximum atomic E-state index is 6.34. The predicted molar refractivity (Wildman–Crippen MR) is 82.9 cm³/mol. The molecule has 2 heterocycles. The molecule has 1 unspecified atom stereocenters. The van der Waals surface area contributed by atoms with E-state index < -0.39 is 0 Å². The Morgan fingerprint density at radius 3 is 2.90 bits per heavy atom. The number of benzene rings is 1. The van der Waals surface area contributed by atoms with E-state index in [4.69, 9.17) is 5.73 Å². The molecule has 2 aromatic heterocycles. The zero-order valence-corrected chi connectivity index (χ0v) is 12.5. The summed E-state index contributed by atoms with van der Waals surface area (Å²) in [6.45, 7) is 4.93. The molecule has 104 valence electrons. The standard InChI is InChI=1S/C15H18N4S/c1-3-19-13(8-10(2)18-19)11(16)9-15-17-12-6-4-5-7-14(12)20-15/h4-8,11H,3,9,16H2,1-2H3. The number of thiazole rings is 1. The summed E-state index contributed by atoms with van der Waals surface area (Å²) in [4.78, 5) is 4.65. The van der Waals surface area contributed by atoms with Gasteiger partial charge in [-0.2, -0.15) is 5.10 Å². The van der Waals surface area contributed by atoms with Crippen molar-refractivity contribution in [2.75, 3.05) is 0 Å². The van der Waals surface area contributed by atoms with Gasteiger partial charge in [0.15, 0.2) is 0 Å². The number of aryl methyl sites for hydroxylation is 2. The van der Waals surface area contributed by atoms with Crippen molar-refractivity contribution in [3.05, 3.63) is 46.7 Å². The molecule has 0 saturated carbocycles. The number of rotatable bonds is 4. The highest BCUT2D eigenvalue weighted by molar-refractivity contribution is 7.18. The summed E-state index contributed by atoms with van der Waals surface area (Å²) >= 11 is 1.72. The summed E-state index contributed by atoms with van der Waals surface area (Å²) in [5.74, 6) is 0. The summed E-state index contributed by atoms with van der Waals surface area (Å²) in [5, 5.41) is 5.54. The Morgan fingerprint density at radius 1 is 1.35 bits per heavy atom. The van der Waals surface area contributed by atoms with Crippen molar-refractivity contribution in [2.24, 2.45) is 5.73 Å². The van der Waals surface area contributed by atoms with E-state index in [1.807, 2.05) is 29.8 Å². The molecule has 0 aliphatic carbocycles. The lowest BCUT2D eigenvalue weighted by Gasteiger charge is -2.11. The Morgan fingerprint density at radius 2 is 2.15 bits per heavy atom. The summed E-state index contributed by atoms with van der Waals surface area (Å²) in [5.41, 5.74) is 9.50. The molecule has 0 amide bonds. The van der Waals surface area contributed by atoms with E-state index in [0.29, 0.717) is 0 Å². The molecule has 0 saturated heterocycles. The topological polar surface area (TPSA) is 56.7 Å². The fourth-order valence-electron chi connectivity index (χ4n) is 2.42. The molecule has 0 fully saturated rings. The zero-order valence-electron chi connectivity index (χ0n) is 11.7. The summed E-state index contributed by atoms with van der Waals surface area (Å²) in [6.07, 6.45) is 0.754. The van der Waals surface area contributed by atoms with Gasteiger partial charge < -0.3 is 5.73 Å². The number of hydrogen-bond donors (Lipinski definition) is 1. The molecule has 1 aromatic carbocycles. The van der Waals surface area contributed by atoms with Crippen LogP contribution in [0.15, 0.2) is 30.3 Å². The fourth-order valence-corrected chi connectivity index (χ4v) is 3.44. The van der Waals surface area contributed by atoms with Crippen molar-refractivity contribution in [1.82, 2.24) is 14.8 Å². The molecule has 3 aromatic rings. The Labute approximate surface area is 122 Å². The van der Waals surface area contributed by atoms with Crippen LogP contribution in [-0.4, -0.2) is 14.8 Å². The number of fused-ring (bicyclic) bond motifs is 1. The van der Waals surface area contributed by atoms with Crippen molar-refractivity contribution >= 4 is 21.6 Å². The highest BCUT2D eigenvalue weighted by Gasteiger charge is 2.15. The van der Waals surface area contributed by atoms with Crippen LogP contribution in [-0.2, 0) is 13.0 Å². The number of para-hydroxylation sites is 1. The number of hydrogen-bond acceptors (Lipinski definition) is 4. The monoisotopic (exact) mass is 286 g/mol. The molecule has 4 nitrogen and oxygen atoms in total. The zero-order chi connectivity index (χ0) is 14.1. The van der Waals surface area contributed by atoms with Crippen molar-refractivity contribution in [3.63, 3.8) is 0 Å². The van der Waals surface area contributed by atoms with Crippen molar-refractivity contribution in [3.8, 4) is 0 Å². The van der Waals surface area contributed by atoms with Gasteiger partial charge in [0.05, 0.1) is 32.7 Å². The number of nitrogens with zero attached hydrogens (tertiary/aromatic N) is 3. The molecule has 0 spiro atoms. The van der Waals surface area contributed by atoms with Crippen molar-refractivity contribution in [2.45, 2.75) is 32.9 Å². The van der Waals surface area contributed by atoms with E-state index in [1.165, 1.54) is 4.70 Å². The van der Waals surface area contributed by atoms with Crippen molar-refractivity contribution in [1.29, 1.82) is 0 Å². The minimum Gasteiger partial charge on any atom is -0.322 e. The maximum absolute atomic E-state index is 6.34. The molecule has 5 heteroatoms. The molecular weight excluding hydrogens is 268 g/mol. The van der Waals surface area contributed by atoms with Gasteiger partial charge in [-0.15, -0.1) is 11.3 Å². The van der Waals surface area contributed by atoms with Crippen LogP contribution in [0.2, 0.25) is 0 Å². The van der Waals surface area contributed by atoms with Gasteiger partial charge in [0, 0.05) is 13.0 Å². The minimum absolute atomic E-state index is 0.0586. The van der Waals surface area contributed by atoms with Crippen LogP contribution in [0.3, 0.4) is 0 Å². The van der Waals surface area contributed by atoms with E-state index >= 15 is 0 Å². The number of aromatic nitrogens is 3. The third kappa shape index (κ3) is 2.46. The van der Waals surface area contributed by atoms with E-state index in [2.05, 4.69) is 29.1 Å². The molecule has 1 atom stereocenters. The second-order valence-corrected chi connectivity index (χ2v) is 6.03. The largest absolute Gasteiger partial charge is 0.322 e. The Balaban J connectivity index is 1.86. The summed E-state index contributed by atoms with van der Waals surface area (Å²) in [6, 6.07) is 10.2. The molecule has 0 radical (unpaired) electrons. The van der Waals surface area contributed by atoms with Gasteiger partial charge in [-0.25, -0.2) is 4.98 Å². The van der Waals surface area contributed by atoms with E-state index in [-0.39, 0.29) is 6.04 Å². The first-order valence-electron chi connectivity index (χ1n) is 6.81. The normalized spacial score (nSPS) is 12.9. The molecule has 20 heavy (non-hydrogen) atoms. The second kappa shape index (κ2) is 5.34. The average molecular weight is 286 g/mol. The van der Waals surface area contributed by atoms with Crippen LogP contribution in [0.5, 0.6) is 0 Å². The Bertz CT molecular complexity index is 695. The lowest BCUT2D eigenvalue weighted by atomic mass is 10.1. The van der Waals surface area contributed by atoms with Gasteiger partial charge in [0.1, 0.15) is 0 Å². The minimum atomic E-state index is -0.0586.